The van der Waals surface area contributed by atoms with Crippen molar-refractivity contribution in [3.63, 3.8) is 0 Å². The zero-order chi connectivity index (χ0) is 11.3. The maximum Gasteiger partial charge on any atom is 0.126 e. The quantitative estimate of drug-likeness (QED) is 0.479. The molecule has 0 aromatic heterocycles. The van der Waals surface area contributed by atoms with E-state index in [-0.39, 0.29) is 11.9 Å². The van der Waals surface area contributed by atoms with Gasteiger partial charge in [0.25, 0.3) is 0 Å². The molecule has 0 spiro atoms. The number of rotatable bonds is 5. The summed E-state index contributed by atoms with van der Waals surface area (Å²) in [6.07, 6.45) is 0.239. The Morgan fingerprint density at radius 1 is 1.40 bits per heavy atom. The molecule has 2 nitrogen and oxygen atoms in total. The molecule has 0 saturated heterocycles. The lowest BCUT2D eigenvalue weighted by Gasteiger charge is -2.07. The van der Waals surface area contributed by atoms with Crippen LogP contribution in [0.15, 0.2) is 23.1 Å². The molecule has 4 heteroatoms. The molecular formula is C11H16FNOS. The smallest absolute Gasteiger partial charge is 0.126 e. The molecule has 0 aliphatic heterocycles. The highest BCUT2D eigenvalue weighted by Crippen LogP contribution is 2.21. The van der Waals surface area contributed by atoms with Crippen molar-refractivity contribution in [2.75, 3.05) is 18.1 Å². The zero-order valence-electron chi connectivity index (χ0n) is 9.00. The SMILES string of the molecule is CC(C)OCCSc1cc(N)cc(F)c1. The minimum Gasteiger partial charge on any atom is -0.399 e. The number of thioether (sulfide) groups is 1. The number of hydrogen-bond donors (Lipinski definition) is 1. The number of nitrogens with two attached hydrogens (primary N) is 1. The van der Waals surface area contributed by atoms with Crippen molar-refractivity contribution in [1.82, 2.24) is 0 Å². The fourth-order valence-electron chi connectivity index (χ4n) is 1.11. The fraction of sp³-hybridized carbons (Fsp3) is 0.455. The Hall–Kier alpha value is -0.740. The predicted molar refractivity (Wildman–Crippen MR) is 62.6 cm³/mol. The number of ether oxygens (including phenoxy) is 1. The van der Waals surface area contributed by atoms with Gasteiger partial charge < -0.3 is 10.5 Å². The number of benzene rings is 1. The predicted octanol–water partition coefficient (Wildman–Crippen LogP) is 2.93. The topological polar surface area (TPSA) is 35.2 Å². The van der Waals surface area contributed by atoms with Crippen LogP contribution in [0.1, 0.15) is 13.8 Å². The lowest BCUT2D eigenvalue weighted by Crippen LogP contribution is -2.05. The van der Waals surface area contributed by atoms with E-state index in [1.807, 2.05) is 13.8 Å². The van der Waals surface area contributed by atoms with Crippen LogP contribution in [0.25, 0.3) is 0 Å². The maximum absolute atomic E-state index is 12.9. The van der Waals surface area contributed by atoms with Crippen LogP contribution in [-0.2, 0) is 4.74 Å². The normalized spacial score (nSPS) is 10.9. The second-order valence-electron chi connectivity index (χ2n) is 3.49. The van der Waals surface area contributed by atoms with E-state index in [1.165, 1.54) is 12.1 Å². The highest BCUT2D eigenvalue weighted by atomic mass is 32.2. The Kier molecular flexibility index (Phi) is 4.91. The summed E-state index contributed by atoms with van der Waals surface area (Å²) in [5.41, 5.74) is 5.99. The zero-order valence-corrected chi connectivity index (χ0v) is 9.81. The second-order valence-corrected chi connectivity index (χ2v) is 4.66. The molecule has 0 amide bonds. The third-order valence-electron chi connectivity index (χ3n) is 1.70. The molecule has 0 aliphatic rings. The van der Waals surface area contributed by atoms with Crippen molar-refractivity contribution in [2.24, 2.45) is 0 Å². The summed E-state index contributed by atoms with van der Waals surface area (Å²) >= 11 is 1.55. The lowest BCUT2D eigenvalue weighted by molar-refractivity contribution is 0.0920. The molecule has 0 unspecified atom stereocenters. The monoisotopic (exact) mass is 229 g/mol. The van der Waals surface area contributed by atoms with Crippen LogP contribution in [-0.4, -0.2) is 18.5 Å². The number of hydrogen-bond acceptors (Lipinski definition) is 3. The van der Waals surface area contributed by atoms with Gasteiger partial charge in [0, 0.05) is 16.3 Å². The van der Waals surface area contributed by atoms with Gasteiger partial charge in [0.1, 0.15) is 5.82 Å². The minimum atomic E-state index is -0.290. The summed E-state index contributed by atoms with van der Waals surface area (Å²) < 4.78 is 18.3. The van der Waals surface area contributed by atoms with Crippen molar-refractivity contribution in [1.29, 1.82) is 0 Å². The lowest BCUT2D eigenvalue weighted by atomic mass is 10.3. The highest BCUT2D eigenvalue weighted by molar-refractivity contribution is 7.99. The van der Waals surface area contributed by atoms with E-state index in [0.717, 1.165) is 10.6 Å². The largest absolute Gasteiger partial charge is 0.399 e. The Morgan fingerprint density at radius 3 is 2.73 bits per heavy atom. The van der Waals surface area contributed by atoms with E-state index in [4.69, 9.17) is 10.5 Å². The third kappa shape index (κ3) is 5.04. The summed E-state index contributed by atoms with van der Waals surface area (Å²) in [6, 6.07) is 4.56. The van der Waals surface area contributed by atoms with Crippen LogP contribution in [0.5, 0.6) is 0 Å². The Balaban J connectivity index is 2.37. The van der Waals surface area contributed by atoms with Crippen LogP contribution < -0.4 is 5.73 Å². The molecule has 0 atom stereocenters. The summed E-state index contributed by atoms with van der Waals surface area (Å²) in [6.45, 7) is 4.65. The molecule has 2 N–H and O–H groups in total. The average Bonchev–Trinajstić information content (AvgIpc) is 2.10. The first-order valence-electron chi connectivity index (χ1n) is 4.88. The van der Waals surface area contributed by atoms with Crippen LogP contribution in [0.4, 0.5) is 10.1 Å². The Labute approximate surface area is 94.0 Å². The highest BCUT2D eigenvalue weighted by Gasteiger charge is 2.00. The standard InChI is InChI=1S/C11H16FNOS/c1-8(2)14-3-4-15-11-6-9(12)5-10(13)7-11/h5-8H,3-4,13H2,1-2H3. The van der Waals surface area contributed by atoms with E-state index in [2.05, 4.69) is 0 Å². The van der Waals surface area contributed by atoms with E-state index in [9.17, 15) is 4.39 Å². The Bertz CT molecular complexity index is 297. The molecule has 0 aliphatic carbocycles. The first kappa shape index (κ1) is 12.3. The summed E-state index contributed by atoms with van der Waals surface area (Å²) in [5.74, 6) is 0.517. The molecule has 0 saturated carbocycles. The van der Waals surface area contributed by atoms with E-state index in [1.54, 1.807) is 17.8 Å². The van der Waals surface area contributed by atoms with Crippen LogP contribution >= 0.6 is 11.8 Å². The van der Waals surface area contributed by atoms with E-state index >= 15 is 0 Å². The van der Waals surface area contributed by atoms with Gasteiger partial charge in [-0.15, -0.1) is 11.8 Å². The first-order chi connectivity index (χ1) is 7.08. The molecule has 1 rings (SSSR count). The minimum absolute atomic E-state index is 0.239. The van der Waals surface area contributed by atoms with Gasteiger partial charge >= 0.3 is 0 Å². The van der Waals surface area contributed by atoms with Gasteiger partial charge in [0.15, 0.2) is 0 Å². The molecule has 0 radical (unpaired) electrons. The van der Waals surface area contributed by atoms with Gasteiger partial charge in [-0.3, -0.25) is 0 Å². The van der Waals surface area contributed by atoms with Crippen molar-refractivity contribution in [2.45, 2.75) is 24.8 Å². The van der Waals surface area contributed by atoms with Crippen molar-refractivity contribution in [3.8, 4) is 0 Å². The van der Waals surface area contributed by atoms with E-state index in [0.29, 0.717) is 12.3 Å². The van der Waals surface area contributed by atoms with Crippen molar-refractivity contribution < 1.29 is 9.13 Å². The van der Waals surface area contributed by atoms with Crippen molar-refractivity contribution >= 4 is 17.4 Å². The van der Waals surface area contributed by atoms with Crippen LogP contribution in [0.3, 0.4) is 0 Å². The maximum atomic E-state index is 12.9. The van der Waals surface area contributed by atoms with Crippen LogP contribution in [0, 0.1) is 5.82 Å². The van der Waals surface area contributed by atoms with Crippen LogP contribution in [0.2, 0.25) is 0 Å². The number of halogens is 1. The van der Waals surface area contributed by atoms with Crippen molar-refractivity contribution in [3.05, 3.63) is 24.0 Å². The number of nitrogen functional groups attached to an aromatic ring is 1. The van der Waals surface area contributed by atoms with Gasteiger partial charge in [0.05, 0.1) is 12.7 Å². The molecule has 1 aromatic carbocycles. The van der Waals surface area contributed by atoms with Gasteiger partial charge in [-0.1, -0.05) is 0 Å². The second kappa shape index (κ2) is 5.98. The van der Waals surface area contributed by atoms with Gasteiger partial charge in [0.2, 0.25) is 0 Å². The van der Waals surface area contributed by atoms with Gasteiger partial charge in [-0.05, 0) is 32.0 Å². The molecule has 0 bridgehead atoms. The molecular weight excluding hydrogens is 213 g/mol. The molecule has 0 heterocycles. The average molecular weight is 229 g/mol. The summed E-state index contributed by atoms with van der Waals surface area (Å²) in [5, 5.41) is 0. The third-order valence-corrected chi connectivity index (χ3v) is 2.64. The number of anilines is 1. The Morgan fingerprint density at radius 2 is 2.13 bits per heavy atom. The first-order valence-corrected chi connectivity index (χ1v) is 5.87. The van der Waals surface area contributed by atoms with E-state index < -0.39 is 0 Å². The molecule has 1 aromatic rings. The van der Waals surface area contributed by atoms with Gasteiger partial charge in [-0.25, -0.2) is 4.39 Å². The molecule has 84 valence electrons. The van der Waals surface area contributed by atoms with Gasteiger partial charge in [-0.2, -0.15) is 0 Å². The molecule has 0 fully saturated rings. The fourth-order valence-corrected chi connectivity index (χ4v) is 1.94. The molecule has 15 heavy (non-hydrogen) atoms. The summed E-state index contributed by atoms with van der Waals surface area (Å²) in [4.78, 5) is 0.847. The summed E-state index contributed by atoms with van der Waals surface area (Å²) in [7, 11) is 0.